The summed E-state index contributed by atoms with van der Waals surface area (Å²) in [6, 6.07) is 7.42. The van der Waals surface area contributed by atoms with Crippen molar-refractivity contribution in [2.24, 2.45) is 5.73 Å². The molecular weight excluding hydrogens is 534 g/mol. The van der Waals surface area contributed by atoms with Gasteiger partial charge >= 0.3 is 0 Å². The summed E-state index contributed by atoms with van der Waals surface area (Å²) in [4.78, 5) is 41.7. The third-order valence-corrected chi connectivity index (χ3v) is 7.07. The second-order valence-electron chi connectivity index (χ2n) is 10.1. The Morgan fingerprint density at radius 3 is 2.10 bits per heavy atom. The van der Waals surface area contributed by atoms with Crippen molar-refractivity contribution in [3.05, 3.63) is 57.6 Å². The molecule has 1 heterocycles. The van der Waals surface area contributed by atoms with Gasteiger partial charge in [-0.25, -0.2) is 0 Å². The van der Waals surface area contributed by atoms with Gasteiger partial charge in [-0.1, -0.05) is 12.1 Å². The summed E-state index contributed by atoms with van der Waals surface area (Å²) in [6.45, 7) is 9.26. The van der Waals surface area contributed by atoms with Crippen LogP contribution in [0.2, 0.25) is 0 Å². The number of aromatic nitrogens is 1. The number of hydrogen-bond acceptors (Lipinski definition) is 9. The van der Waals surface area contributed by atoms with Gasteiger partial charge in [0.15, 0.2) is 17.2 Å². The third kappa shape index (κ3) is 5.96. The van der Waals surface area contributed by atoms with Crippen molar-refractivity contribution in [1.29, 1.82) is 0 Å². The number of nitrogens with zero attached hydrogens (tertiary/aromatic N) is 2. The normalized spacial score (nSPS) is 11.9. The van der Waals surface area contributed by atoms with Gasteiger partial charge in [0.2, 0.25) is 11.7 Å². The predicted molar refractivity (Wildman–Crippen MR) is 155 cm³/mol. The van der Waals surface area contributed by atoms with Gasteiger partial charge in [-0.3, -0.25) is 19.3 Å². The first-order valence-corrected chi connectivity index (χ1v) is 13.1. The van der Waals surface area contributed by atoms with E-state index in [2.05, 4.69) is 9.69 Å². The fourth-order valence-corrected chi connectivity index (χ4v) is 4.96. The number of nitrogens with one attached hydrogen (secondary N) is 1. The molecule has 0 aliphatic rings. The number of nitrogen functional groups attached to an aromatic ring is 1. The molecule has 1 atom stereocenters. The average molecular weight is 570 g/mol. The number of carbonyl (C=O) groups excluding carboxylic acids is 3. The minimum atomic E-state index is -1.24. The van der Waals surface area contributed by atoms with Crippen LogP contribution in [0.5, 0.6) is 17.2 Å². The van der Waals surface area contributed by atoms with Crippen LogP contribution >= 0.6 is 11.5 Å². The van der Waals surface area contributed by atoms with E-state index in [1.165, 1.54) is 26.2 Å². The highest BCUT2D eigenvalue weighted by Crippen LogP contribution is 2.43. The minimum Gasteiger partial charge on any atom is -0.493 e. The van der Waals surface area contributed by atoms with Crippen LogP contribution < -0.4 is 35.9 Å². The van der Waals surface area contributed by atoms with E-state index >= 15 is 0 Å². The van der Waals surface area contributed by atoms with Crippen LogP contribution in [0.4, 0.5) is 11.4 Å². The van der Waals surface area contributed by atoms with Crippen LogP contribution in [0.25, 0.3) is 0 Å². The molecule has 3 rings (SSSR count). The Labute approximate surface area is 237 Å². The molecule has 11 nitrogen and oxygen atoms in total. The van der Waals surface area contributed by atoms with E-state index in [9.17, 15) is 14.4 Å². The van der Waals surface area contributed by atoms with Crippen LogP contribution in [0.1, 0.15) is 63.7 Å². The molecule has 3 amide bonds. The maximum absolute atomic E-state index is 14.4. The van der Waals surface area contributed by atoms with Gasteiger partial charge in [0, 0.05) is 11.2 Å². The third-order valence-electron chi connectivity index (χ3n) is 6.22. The van der Waals surface area contributed by atoms with Gasteiger partial charge in [-0.05, 0) is 81.0 Å². The number of rotatable bonds is 9. The molecule has 5 N–H and O–H groups in total. The highest BCUT2D eigenvalue weighted by Gasteiger charge is 2.39. The number of hydrogen-bond donors (Lipinski definition) is 3. The zero-order chi connectivity index (χ0) is 29.9. The van der Waals surface area contributed by atoms with Gasteiger partial charge in [0.05, 0.1) is 27.0 Å². The van der Waals surface area contributed by atoms with Crippen LogP contribution in [-0.2, 0) is 4.79 Å². The first kappa shape index (κ1) is 30.2. The minimum absolute atomic E-state index is 0.0318. The Balaban J connectivity index is 2.40. The van der Waals surface area contributed by atoms with Crippen molar-refractivity contribution in [2.75, 3.05) is 32.0 Å². The largest absolute Gasteiger partial charge is 0.493 e. The number of nitrogens with two attached hydrogens (primary N) is 2. The molecule has 0 spiro atoms. The van der Waals surface area contributed by atoms with Gasteiger partial charge < -0.3 is 31.0 Å². The molecule has 40 heavy (non-hydrogen) atoms. The lowest BCUT2D eigenvalue weighted by Crippen LogP contribution is -2.49. The summed E-state index contributed by atoms with van der Waals surface area (Å²) >= 11 is 0.736. The van der Waals surface area contributed by atoms with Crippen molar-refractivity contribution in [2.45, 2.75) is 46.2 Å². The summed E-state index contributed by atoms with van der Waals surface area (Å²) in [5, 5.41) is 2.99. The maximum atomic E-state index is 14.4. The highest BCUT2D eigenvalue weighted by molar-refractivity contribution is 7.09. The Kier molecular flexibility index (Phi) is 8.93. The van der Waals surface area contributed by atoms with E-state index in [1.807, 2.05) is 40.7 Å². The molecule has 1 unspecified atom stereocenters. The van der Waals surface area contributed by atoms with Gasteiger partial charge in [0.25, 0.3) is 11.8 Å². The summed E-state index contributed by atoms with van der Waals surface area (Å²) in [5.74, 6) is -1.06. The number of benzene rings is 2. The van der Waals surface area contributed by atoms with Crippen LogP contribution in [0.15, 0.2) is 30.3 Å². The number of anilines is 2. The Morgan fingerprint density at radius 1 is 1.02 bits per heavy atom. The van der Waals surface area contributed by atoms with Crippen molar-refractivity contribution in [3.63, 3.8) is 0 Å². The molecule has 0 fully saturated rings. The molecule has 2 aromatic carbocycles. The first-order chi connectivity index (χ1) is 18.7. The van der Waals surface area contributed by atoms with Crippen LogP contribution in [0.3, 0.4) is 0 Å². The molecule has 214 valence electrons. The van der Waals surface area contributed by atoms with E-state index in [0.29, 0.717) is 28.5 Å². The lowest BCUT2D eigenvalue weighted by atomic mass is 9.97. The summed E-state index contributed by atoms with van der Waals surface area (Å²) in [6.07, 6.45) is 0. The molecule has 12 heteroatoms. The summed E-state index contributed by atoms with van der Waals surface area (Å²) in [5.41, 5.74) is 13.1. The zero-order valence-electron chi connectivity index (χ0n) is 23.9. The van der Waals surface area contributed by atoms with E-state index in [0.717, 1.165) is 22.7 Å². The molecule has 0 aliphatic carbocycles. The van der Waals surface area contributed by atoms with E-state index in [1.54, 1.807) is 24.3 Å². The molecule has 0 aliphatic heterocycles. The Morgan fingerprint density at radius 2 is 1.62 bits per heavy atom. The number of primary amides is 1. The van der Waals surface area contributed by atoms with E-state index in [-0.39, 0.29) is 16.3 Å². The molecule has 0 saturated carbocycles. The van der Waals surface area contributed by atoms with Gasteiger partial charge in [0.1, 0.15) is 10.9 Å². The first-order valence-electron chi connectivity index (χ1n) is 12.3. The predicted octanol–water partition coefficient (Wildman–Crippen LogP) is 3.77. The number of methoxy groups -OCH3 is 3. The molecule has 0 radical (unpaired) electrons. The summed E-state index contributed by atoms with van der Waals surface area (Å²) < 4.78 is 20.6. The number of amides is 3. The van der Waals surface area contributed by atoms with Gasteiger partial charge in [-0.2, -0.15) is 4.37 Å². The topological polar surface area (TPSA) is 159 Å². The number of carbonyl (C=O) groups is 3. The Hall–Kier alpha value is -4.32. The molecule has 0 bridgehead atoms. The smallest absolute Gasteiger partial charge is 0.273 e. The molecule has 0 saturated heterocycles. The van der Waals surface area contributed by atoms with Crippen molar-refractivity contribution >= 4 is 40.6 Å². The molecular formula is C28H35N5O6S. The monoisotopic (exact) mass is 569 g/mol. The van der Waals surface area contributed by atoms with Crippen molar-refractivity contribution in [1.82, 2.24) is 9.69 Å². The Bertz CT molecular complexity index is 1420. The van der Waals surface area contributed by atoms with Gasteiger partial charge in [-0.15, -0.1) is 0 Å². The van der Waals surface area contributed by atoms with Crippen molar-refractivity contribution in [3.8, 4) is 17.2 Å². The molecule has 3 aromatic rings. The average Bonchev–Trinajstić information content (AvgIpc) is 3.28. The second-order valence-corrected chi connectivity index (χ2v) is 10.9. The number of ether oxygens (including phenoxy) is 3. The van der Waals surface area contributed by atoms with E-state index in [4.69, 9.17) is 25.7 Å². The maximum Gasteiger partial charge on any atom is 0.273 e. The standard InChI is InChI=1S/C28H35N5O6S/c1-14-10-9-11-17(15(14)2)33(27(36)24-20(29)21(25(30)34)32-40-24)22(26(35)31-28(3,4)5)16-12-18(37-6)23(39-8)19(13-16)38-7/h9-13,22H,29H2,1-8H3,(H2,30,34)(H,31,35). The quantitative estimate of drug-likeness (QED) is 0.351. The van der Waals surface area contributed by atoms with Crippen molar-refractivity contribution < 1.29 is 28.6 Å². The lowest BCUT2D eigenvalue weighted by Gasteiger charge is -2.35. The van der Waals surface area contributed by atoms with Crippen LogP contribution in [0, 0.1) is 13.8 Å². The fraction of sp³-hybridized carbons (Fsp3) is 0.357. The second kappa shape index (κ2) is 11.8. The number of aryl methyl sites for hydroxylation is 1. The SMILES string of the molecule is COc1cc(C(C(=O)NC(C)(C)C)N(C(=O)c2snc(C(N)=O)c2N)c2cccc(C)c2C)cc(OC)c1OC. The fourth-order valence-electron chi connectivity index (χ4n) is 4.22. The highest BCUT2D eigenvalue weighted by atomic mass is 32.1. The summed E-state index contributed by atoms with van der Waals surface area (Å²) in [7, 11) is 4.39. The van der Waals surface area contributed by atoms with Crippen LogP contribution in [-0.4, -0.2) is 49.0 Å². The lowest BCUT2D eigenvalue weighted by molar-refractivity contribution is -0.123. The molecule has 1 aromatic heterocycles. The van der Waals surface area contributed by atoms with E-state index < -0.39 is 29.3 Å². The zero-order valence-corrected chi connectivity index (χ0v) is 24.7.